The Morgan fingerprint density at radius 3 is 2.36 bits per heavy atom. The van der Waals surface area contributed by atoms with Crippen molar-refractivity contribution in [1.29, 1.82) is 0 Å². The Balaban J connectivity index is 1.21. The van der Waals surface area contributed by atoms with Crippen molar-refractivity contribution >= 4 is 11.9 Å². The number of rotatable bonds is 8. The summed E-state index contributed by atoms with van der Waals surface area (Å²) in [6.45, 7) is 1.08. The summed E-state index contributed by atoms with van der Waals surface area (Å²) in [6, 6.07) is 3.91. The van der Waals surface area contributed by atoms with Crippen LogP contribution in [-0.2, 0) is 22.3 Å². The monoisotopic (exact) mass is 598 g/mol. The van der Waals surface area contributed by atoms with Crippen LogP contribution in [0.3, 0.4) is 0 Å². The topological polar surface area (TPSA) is 59.1 Å². The molecule has 0 unspecified atom stereocenters. The number of nitrogens with zero attached hydrogens (tertiary/aromatic N) is 2. The number of benzene rings is 2. The van der Waals surface area contributed by atoms with Crippen LogP contribution < -0.4 is 4.74 Å². The predicted molar refractivity (Wildman–Crippen MR) is 140 cm³/mol. The van der Waals surface area contributed by atoms with E-state index in [4.69, 9.17) is 9.47 Å². The zero-order valence-corrected chi connectivity index (χ0v) is 23.1. The molecule has 0 bridgehead atoms. The number of esters is 1. The van der Waals surface area contributed by atoms with Gasteiger partial charge in [0.1, 0.15) is 29.6 Å². The first-order valence-corrected chi connectivity index (χ1v) is 14.0. The number of ether oxygens (including phenoxy) is 2. The number of carbonyl (C=O) groups is 2. The fourth-order valence-electron chi connectivity index (χ4n) is 5.73. The van der Waals surface area contributed by atoms with Crippen LogP contribution in [0.4, 0.5) is 26.3 Å². The van der Waals surface area contributed by atoms with Crippen molar-refractivity contribution in [3.8, 4) is 5.75 Å². The van der Waals surface area contributed by atoms with E-state index in [9.17, 15) is 31.5 Å². The molecule has 2 aliphatic heterocycles. The van der Waals surface area contributed by atoms with Gasteiger partial charge in [-0.1, -0.05) is 0 Å². The SMILES string of the molecule is COC(=O)[C@@H]1C[C@@H](F)CN1C(=O)c1cc(C2CC2)c(OCC2CCN(Cc3cc(C(F)(F)F)ccc3F)CC2)cc1F. The first-order chi connectivity index (χ1) is 19.9. The van der Waals surface area contributed by atoms with Gasteiger partial charge in [0.25, 0.3) is 5.91 Å². The molecule has 2 atom stereocenters. The summed E-state index contributed by atoms with van der Waals surface area (Å²) in [5.74, 6) is -2.52. The lowest BCUT2D eigenvalue weighted by molar-refractivity contribution is -0.145. The fraction of sp³-hybridized carbons (Fsp3) is 0.533. The van der Waals surface area contributed by atoms with E-state index in [-0.39, 0.29) is 49.1 Å². The summed E-state index contributed by atoms with van der Waals surface area (Å²) in [4.78, 5) is 28.2. The zero-order chi connectivity index (χ0) is 30.2. The molecule has 0 N–H and O–H groups in total. The first kappa shape index (κ1) is 30.2. The number of hydrogen-bond donors (Lipinski definition) is 0. The second-order valence-electron chi connectivity index (χ2n) is 11.3. The molecule has 2 aromatic rings. The highest BCUT2D eigenvalue weighted by Crippen LogP contribution is 2.45. The molecule has 0 aromatic heterocycles. The summed E-state index contributed by atoms with van der Waals surface area (Å²) in [7, 11) is 1.15. The summed E-state index contributed by atoms with van der Waals surface area (Å²) in [5.41, 5.74) is -0.457. The molecule has 2 heterocycles. The standard InChI is InChI=1S/C30H32F6N2O4/c1-41-29(40)26-11-21(31)15-38(26)28(39)23-12-22(18-2-3-18)27(13-25(23)33)42-16-17-6-8-37(9-7-17)14-19-10-20(30(34,35)36)4-5-24(19)32/h4-5,10,12-13,17-18,21,26H,2-3,6-9,11,14-16H2,1H3/t21-,26+/m1/s1. The third kappa shape index (κ3) is 6.68. The molecule has 6 nitrogen and oxygen atoms in total. The van der Waals surface area contributed by atoms with Gasteiger partial charge in [0, 0.05) is 24.6 Å². The molecule has 42 heavy (non-hydrogen) atoms. The zero-order valence-electron chi connectivity index (χ0n) is 23.1. The van der Waals surface area contributed by atoms with Gasteiger partial charge in [0.2, 0.25) is 0 Å². The molecular weight excluding hydrogens is 566 g/mol. The van der Waals surface area contributed by atoms with Crippen LogP contribution in [-0.4, -0.2) is 67.2 Å². The average Bonchev–Trinajstić information content (AvgIpc) is 3.72. The Bertz CT molecular complexity index is 1320. The van der Waals surface area contributed by atoms with Gasteiger partial charge in [-0.25, -0.2) is 18.0 Å². The predicted octanol–water partition coefficient (Wildman–Crippen LogP) is 5.88. The molecule has 1 saturated carbocycles. The maximum absolute atomic E-state index is 15.2. The maximum atomic E-state index is 15.2. The first-order valence-electron chi connectivity index (χ1n) is 14.0. The Hall–Kier alpha value is -3.28. The summed E-state index contributed by atoms with van der Waals surface area (Å²) in [6.07, 6.45) is -3.15. The van der Waals surface area contributed by atoms with Gasteiger partial charge in [-0.05, 0) is 80.4 Å². The quantitative estimate of drug-likeness (QED) is 0.281. The molecule has 3 aliphatic rings. The Morgan fingerprint density at radius 1 is 1.00 bits per heavy atom. The number of halogens is 6. The van der Waals surface area contributed by atoms with Crippen LogP contribution in [0, 0.1) is 17.6 Å². The molecule has 0 radical (unpaired) electrons. The molecule has 12 heteroatoms. The van der Waals surface area contributed by atoms with E-state index >= 15 is 4.39 Å². The van der Waals surface area contributed by atoms with E-state index in [1.165, 1.54) is 12.1 Å². The molecule has 0 spiro atoms. The number of hydrogen-bond acceptors (Lipinski definition) is 5. The van der Waals surface area contributed by atoms with Gasteiger partial charge in [-0.2, -0.15) is 13.2 Å². The second kappa shape index (κ2) is 12.1. The van der Waals surface area contributed by atoms with Crippen molar-refractivity contribution in [3.05, 3.63) is 64.2 Å². The highest BCUT2D eigenvalue weighted by molar-refractivity contribution is 5.98. The van der Waals surface area contributed by atoms with Crippen molar-refractivity contribution in [3.63, 3.8) is 0 Å². The third-order valence-electron chi connectivity index (χ3n) is 8.28. The fourth-order valence-corrected chi connectivity index (χ4v) is 5.73. The number of piperidine rings is 1. The molecule has 5 rings (SSSR count). The van der Waals surface area contributed by atoms with E-state index in [1.807, 2.05) is 4.90 Å². The lowest BCUT2D eigenvalue weighted by Gasteiger charge is -2.32. The van der Waals surface area contributed by atoms with Crippen LogP contribution >= 0.6 is 0 Å². The van der Waals surface area contributed by atoms with Crippen LogP contribution in [0.2, 0.25) is 0 Å². The maximum Gasteiger partial charge on any atom is 0.416 e. The van der Waals surface area contributed by atoms with E-state index in [0.717, 1.165) is 43.1 Å². The molecule has 1 amide bonds. The van der Waals surface area contributed by atoms with Crippen molar-refractivity contribution < 1.29 is 45.4 Å². The number of alkyl halides is 4. The molecule has 1 aliphatic carbocycles. The summed E-state index contributed by atoms with van der Waals surface area (Å²) >= 11 is 0. The lowest BCUT2D eigenvalue weighted by atomic mass is 9.97. The van der Waals surface area contributed by atoms with E-state index in [2.05, 4.69) is 0 Å². The normalized spacial score (nSPS) is 21.9. The van der Waals surface area contributed by atoms with Crippen LogP contribution in [0.25, 0.3) is 0 Å². The number of amides is 1. The Morgan fingerprint density at radius 2 is 1.71 bits per heavy atom. The van der Waals surface area contributed by atoms with E-state index in [1.54, 1.807) is 0 Å². The molecule has 228 valence electrons. The van der Waals surface area contributed by atoms with Gasteiger partial charge >= 0.3 is 12.1 Å². The van der Waals surface area contributed by atoms with Crippen molar-refractivity contribution in [2.45, 2.75) is 63.0 Å². The average molecular weight is 599 g/mol. The summed E-state index contributed by atoms with van der Waals surface area (Å²) < 4.78 is 93.4. The van der Waals surface area contributed by atoms with Gasteiger partial charge < -0.3 is 14.4 Å². The van der Waals surface area contributed by atoms with Crippen molar-refractivity contribution in [2.24, 2.45) is 5.92 Å². The number of likely N-dealkylation sites (tertiary alicyclic amines) is 2. The minimum Gasteiger partial charge on any atom is -0.493 e. The highest BCUT2D eigenvalue weighted by atomic mass is 19.4. The third-order valence-corrected chi connectivity index (χ3v) is 8.28. The number of carbonyl (C=O) groups excluding carboxylic acids is 2. The van der Waals surface area contributed by atoms with Crippen molar-refractivity contribution in [2.75, 3.05) is 33.4 Å². The smallest absolute Gasteiger partial charge is 0.416 e. The van der Waals surface area contributed by atoms with E-state index in [0.29, 0.717) is 37.2 Å². The number of methoxy groups -OCH3 is 1. The van der Waals surface area contributed by atoms with Gasteiger partial charge in [-0.15, -0.1) is 0 Å². The van der Waals surface area contributed by atoms with Gasteiger partial charge in [-0.3, -0.25) is 9.69 Å². The largest absolute Gasteiger partial charge is 0.493 e. The van der Waals surface area contributed by atoms with E-state index < -0.39 is 47.5 Å². The lowest BCUT2D eigenvalue weighted by Crippen LogP contribution is -2.41. The molecular formula is C30H32F6N2O4. The minimum atomic E-state index is -4.55. The molecule has 2 aromatic carbocycles. The molecule has 3 fully saturated rings. The summed E-state index contributed by atoms with van der Waals surface area (Å²) in [5, 5.41) is 0. The second-order valence-corrected chi connectivity index (χ2v) is 11.3. The van der Waals surface area contributed by atoms with Crippen LogP contribution in [0.5, 0.6) is 5.75 Å². The van der Waals surface area contributed by atoms with Crippen LogP contribution in [0.1, 0.15) is 65.1 Å². The Kier molecular flexibility index (Phi) is 8.73. The van der Waals surface area contributed by atoms with Gasteiger partial charge in [0.05, 0.1) is 31.4 Å². The minimum absolute atomic E-state index is 0.00687. The Labute approximate surface area is 239 Å². The molecule has 2 saturated heterocycles. The van der Waals surface area contributed by atoms with Crippen molar-refractivity contribution in [1.82, 2.24) is 9.80 Å². The van der Waals surface area contributed by atoms with Crippen LogP contribution in [0.15, 0.2) is 30.3 Å². The van der Waals surface area contributed by atoms with Gasteiger partial charge in [0.15, 0.2) is 0 Å². The highest BCUT2D eigenvalue weighted by Gasteiger charge is 2.42.